The Morgan fingerprint density at radius 2 is 2.21 bits per heavy atom. The second kappa shape index (κ2) is 5.79. The average molecular weight is 264 g/mol. The number of ether oxygens (including phenoxy) is 1. The van der Waals surface area contributed by atoms with Crippen LogP contribution in [0.3, 0.4) is 0 Å². The van der Waals surface area contributed by atoms with Gasteiger partial charge in [0.15, 0.2) is 6.10 Å². The molecule has 2 heterocycles. The molecule has 0 spiro atoms. The van der Waals surface area contributed by atoms with Crippen molar-refractivity contribution in [2.24, 2.45) is 0 Å². The van der Waals surface area contributed by atoms with E-state index < -0.39 is 18.2 Å². The molecule has 1 aliphatic heterocycles. The number of pyridine rings is 1. The minimum absolute atomic E-state index is 0.271. The molecular formula is C13H16N2O4. The molecule has 0 aliphatic carbocycles. The maximum atomic E-state index is 11.8. The Labute approximate surface area is 110 Å². The van der Waals surface area contributed by atoms with E-state index in [0.717, 1.165) is 11.1 Å². The van der Waals surface area contributed by atoms with Crippen LogP contribution in [-0.4, -0.2) is 34.2 Å². The minimum atomic E-state index is -1.02. The molecule has 102 valence electrons. The first kappa shape index (κ1) is 13.5. The highest BCUT2D eigenvalue weighted by molar-refractivity contribution is 5.82. The van der Waals surface area contributed by atoms with Crippen molar-refractivity contribution >= 4 is 11.9 Å². The fraction of sp³-hybridized carbons (Fsp3) is 0.462. The van der Waals surface area contributed by atoms with Crippen molar-refractivity contribution in [1.82, 2.24) is 10.3 Å². The Morgan fingerprint density at radius 3 is 2.84 bits per heavy atom. The van der Waals surface area contributed by atoms with E-state index in [1.54, 1.807) is 12.4 Å². The van der Waals surface area contributed by atoms with Crippen LogP contribution in [0.25, 0.3) is 0 Å². The van der Waals surface area contributed by atoms with E-state index in [0.29, 0.717) is 19.4 Å². The zero-order valence-corrected chi connectivity index (χ0v) is 10.6. The normalized spacial score (nSPS) is 22.2. The van der Waals surface area contributed by atoms with E-state index in [4.69, 9.17) is 9.84 Å². The second-order valence-corrected chi connectivity index (χ2v) is 4.55. The predicted molar refractivity (Wildman–Crippen MR) is 66.4 cm³/mol. The maximum Gasteiger partial charge on any atom is 0.332 e. The van der Waals surface area contributed by atoms with Crippen LogP contribution in [0.5, 0.6) is 0 Å². The molecule has 1 aromatic heterocycles. The summed E-state index contributed by atoms with van der Waals surface area (Å²) < 4.78 is 5.18. The average Bonchev–Trinajstić information content (AvgIpc) is 2.87. The molecule has 2 atom stereocenters. The highest BCUT2D eigenvalue weighted by atomic mass is 16.5. The van der Waals surface area contributed by atoms with Crippen LogP contribution >= 0.6 is 0 Å². The van der Waals surface area contributed by atoms with Gasteiger partial charge in [0.05, 0.1) is 0 Å². The smallest absolute Gasteiger partial charge is 0.332 e. The van der Waals surface area contributed by atoms with Crippen LogP contribution in [0.2, 0.25) is 0 Å². The minimum Gasteiger partial charge on any atom is -0.479 e. The van der Waals surface area contributed by atoms with Gasteiger partial charge in [-0.3, -0.25) is 9.78 Å². The number of nitrogens with one attached hydrogen (secondary N) is 1. The number of aryl methyl sites for hydroxylation is 1. The van der Waals surface area contributed by atoms with Crippen LogP contribution in [0.4, 0.5) is 0 Å². The van der Waals surface area contributed by atoms with E-state index in [9.17, 15) is 9.59 Å². The summed E-state index contributed by atoms with van der Waals surface area (Å²) in [6.07, 6.45) is 2.67. The van der Waals surface area contributed by atoms with Crippen LogP contribution in [0, 0.1) is 6.92 Å². The summed E-state index contributed by atoms with van der Waals surface area (Å²) in [5, 5.41) is 11.5. The zero-order valence-electron chi connectivity index (χ0n) is 10.6. The molecule has 0 bridgehead atoms. The number of carbonyl (C=O) groups is 2. The molecule has 1 amide bonds. The first-order chi connectivity index (χ1) is 9.08. The Balaban J connectivity index is 1.86. The van der Waals surface area contributed by atoms with Gasteiger partial charge in [-0.25, -0.2) is 4.79 Å². The molecule has 0 radical (unpaired) electrons. The van der Waals surface area contributed by atoms with Crippen molar-refractivity contribution in [3.8, 4) is 0 Å². The van der Waals surface area contributed by atoms with E-state index in [1.807, 2.05) is 13.0 Å². The topological polar surface area (TPSA) is 88.5 Å². The van der Waals surface area contributed by atoms with E-state index in [2.05, 4.69) is 10.3 Å². The number of amides is 1. The van der Waals surface area contributed by atoms with Crippen LogP contribution in [-0.2, 0) is 20.9 Å². The monoisotopic (exact) mass is 264 g/mol. The third-order valence-electron chi connectivity index (χ3n) is 3.19. The number of nitrogens with zero attached hydrogens (tertiary/aromatic N) is 1. The SMILES string of the molecule is Cc1ccncc1CNC(=O)[C@@H]1CC[C@H](C(=O)O)O1. The fourth-order valence-electron chi connectivity index (χ4n) is 1.99. The zero-order chi connectivity index (χ0) is 13.8. The number of aliphatic carboxylic acids is 1. The number of hydrogen-bond acceptors (Lipinski definition) is 4. The first-order valence-corrected chi connectivity index (χ1v) is 6.13. The maximum absolute atomic E-state index is 11.8. The summed E-state index contributed by atoms with van der Waals surface area (Å²) in [4.78, 5) is 26.6. The lowest BCUT2D eigenvalue weighted by Gasteiger charge is -2.12. The van der Waals surface area contributed by atoms with E-state index in [-0.39, 0.29) is 5.91 Å². The lowest BCUT2D eigenvalue weighted by atomic mass is 10.1. The van der Waals surface area contributed by atoms with Gasteiger partial charge < -0.3 is 15.2 Å². The third kappa shape index (κ3) is 3.29. The van der Waals surface area contributed by atoms with Crippen LogP contribution in [0.15, 0.2) is 18.5 Å². The number of hydrogen-bond donors (Lipinski definition) is 2. The van der Waals surface area contributed by atoms with Crippen LogP contribution in [0.1, 0.15) is 24.0 Å². The summed E-state index contributed by atoms with van der Waals surface area (Å²) in [6, 6.07) is 1.87. The summed E-state index contributed by atoms with van der Waals surface area (Å²) in [7, 11) is 0. The molecule has 0 unspecified atom stereocenters. The molecular weight excluding hydrogens is 248 g/mol. The molecule has 6 nitrogen and oxygen atoms in total. The number of carbonyl (C=O) groups excluding carboxylic acids is 1. The van der Waals surface area contributed by atoms with Gasteiger partial charge in [-0.1, -0.05) is 0 Å². The molecule has 2 rings (SSSR count). The fourth-order valence-corrected chi connectivity index (χ4v) is 1.99. The number of carboxylic acid groups (broad SMARTS) is 1. The van der Waals surface area contributed by atoms with Gasteiger partial charge in [0.25, 0.3) is 0 Å². The van der Waals surface area contributed by atoms with Crippen molar-refractivity contribution in [2.45, 2.75) is 38.5 Å². The Morgan fingerprint density at radius 1 is 1.47 bits per heavy atom. The van der Waals surface area contributed by atoms with Crippen molar-refractivity contribution in [3.63, 3.8) is 0 Å². The molecule has 1 fully saturated rings. The van der Waals surface area contributed by atoms with Crippen molar-refractivity contribution in [1.29, 1.82) is 0 Å². The molecule has 0 aromatic carbocycles. The quantitative estimate of drug-likeness (QED) is 0.833. The Kier molecular flexibility index (Phi) is 4.11. The van der Waals surface area contributed by atoms with Gasteiger partial charge in [0, 0.05) is 18.9 Å². The summed E-state index contributed by atoms with van der Waals surface area (Å²) in [6.45, 7) is 2.31. The second-order valence-electron chi connectivity index (χ2n) is 4.55. The lowest BCUT2D eigenvalue weighted by molar-refractivity contribution is -0.151. The standard InChI is InChI=1S/C13H16N2O4/c1-8-4-5-14-6-9(8)7-15-12(16)10-2-3-11(19-10)13(17)18/h4-6,10-11H,2-3,7H2,1H3,(H,15,16)(H,17,18)/t10-,11+/m0/s1. The van der Waals surface area contributed by atoms with Gasteiger partial charge in [-0.05, 0) is 37.0 Å². The van der Waals surface area contributed by atoms with E-state index in [1.165, 1.54) is 0 Å². The summed E-state index contributed by atoms with van der Waals surface area (Å²) >= 11 is 0. The number of aromatic nitrogens is 1. The lowest BCUT2D eigenvalue weighted by Crippen LogP contribution is -2.35. The molecule has 2 N–H and O–H groups in total. The predicted octanol–water partition coefficient (Wildman–Crippen LogP) is 0.638. The van der Waals surface area contributed by atoms with Gasteiger partial charge in [0.2, 0.25) is 5.91 Å². The van der Waals surface area contributed by atoms with Crippen molar-refractivity contribution in [3.05, 3.63) is 29.6 Å². The van der Waals surface area contributed by atoms with Crippen LogP contribution < -0.4 is 5.32 Å². The first-order valence-electron chi connectivity index (χ1n) is 6.13. The van der Waals surface area contributed by atoms with Crippen molar-refractivity contribution in [2.75, 3.05) is 0 Å². The van der Waals surface area contributed by atoms with Gasteiger partial charge in [0.1, 0.15) is 6.10 Å². The molecule has 1 aromatic rings. The molecule has 1 saturated heterocycles. The van der Waals surface area contributed by atoms with E-state index >= 15 is 0 Å². The van der Waals surface area contributed by atoms with Gasteiger partial charge >= 0.3 is 5.97 Å². The number of rotatable bonds is 4. The Hall–Kier alpha value is -1.95. The molecule has 6 heteroatoms. The summed E-state index contributed by atoms with van der Waals surface area (Å²) in [5.41, 5.74) is 1.98. The largest absolute Gasteiger partial charge is 0.479 e. The molecule has 1 aliphatic rings. The Bertz CT molecular complexity index is 489. The molecule has 0 saturated carbocycles. The summed E-state index contributed by atoms with van der Waals surface area (Å²) in [5.74, 6) is -1.29. The number of carboxylic acids is 1. The van der Waals surface area contributed by atoms with Crippen molar-refractivity contribution < 1.29 is 19.4 Å². The highest BCUT2D eigenvalue weighted by Crippen LogP contribution is 2.20. The highest BCUT2D eigenvalue weighted by Gasteiger charge is 2.34. The molecule has 19 heavy (non-hydrogen) atoms. The van der Waals surface area contributed by atoms with Gasteiger partial charge in [-0.15, -0.1) is 0 Å². The third-order valence-corrected chi connectivity index (χ3v) is 3.19. The van der Waals surface area contributed by atoms with Gasteiger partial charge in [-0.2, -0.15) is 0 Å².